The molecule has 0 saturated heterocycles. The summed E-state index contributed by atoms with van der Waals surface area (Å²) in [7, 11) is 0. The molecule has 1 radical (unpaired) electrons. The smallest absolute Gasteiger partial charge is 0.0272 e. The Kier molecular flexibility index (Phi) is 14.8. The van der Waals surface area contributed by atoms with Gasteiger partial charge < -0.3 is 0 Å². The molecule has 0 heteroatoms. The predicted octanol–water partition coefficient (Wildman–Crippen LogP) is 8.69. The van der Waals surface area contributed by atoms with Crippen LogP contribution in [0, 0.1) is 5.92 Å². The molecule has 0 amide bonds. The van der Waals surface area contributed by atoms with Gasteiger partial charge in [-0.3, -0.25) is 0 Å². The molecule has 1 rings (SSSR count). The minimum absolute atomic E-state index is 1.25. The third-order valence-corrected chi connectivity index (χ3v) is 5.37. The van der Waals surface area contributed by atoms with E-state index in [1.54, 1.807) is 5.92 Å². The van der Waals surface area contributed by atoms with Gasteiger partial charge in [0.05, 0.1) is 0 Å². The van der Waals surface area contributed by atoms with Crippen molar-refractivity contribution in [1.82, 2.24) is 0 Å². The zero-order chi connectivity index (χ0) is 18.0. The number of rotatable bonds is 17. The average Bonchev–Trinajstić information content (AvgIpc) is 2.64. The van der Waals surface area contributed by atoms with Crippen LogP contribution in [0.4, 0.5) is 0 Å². The van der Waals surface area contributed by atoms with Gasteiger partial charge in [0.15, 0.2) is 0 Å². The standard InChI is InChI=1S/C25H43/c1-3-4-5-6-7-8-9-10-11-14-19-24(2)20-15-12-16-21-25-22-17-13-18-23-25/h13,17-18,22-23H,3-12,14-16,19-21H2,1-2H3. The Labute approximate surface area is 158 Å². The molecular weight excluding hydrogens is 300 g/mol. The second-order valence-electron chi connectivity index (χ2n) is 7.94. The molecule has 0 aliphatic carbocycles. The molecular formula is C25H43. The summed E-state index contributed by atoms with van der Waals surface area (Å²) in [5.74, 6) is 1.74. The first-order valence-corrected chi connectivity index (χ1v) is 11.2. The van der Waals surface area contributed by atoms with Gasteiger partial charge in [0.25, 0.3) is 0 Å². The van der Waals surface area contributed by atoms with Crippen molar-refractivity contribution in [3.8, 4) is 0 Å². The van der Waals surface area contributed by atoms with Crippen LogP contribution in [0.5, 0.6) is 0 Å². The zero-order valence-corrected chi connectivity index (χ0v) is 17.2. The van der Waals surface area contributed by atoms with Gasteiger partial charge in [0.1, 0.15) is 0 Å². The molecule has 25 heavy (non-hydrogen) atoms. The molecule has 0 unspecified atom stereocenters. The van der Waals surface area contributed by atoms with Gasteiger partial charge in [0, 0.05) is 0 Å². The lowest BCUT2D eigenvalue weighted by atomic mass is 9.95. The minimum Gasteiger partial charge on any atom is -0.0654 e. The van der Waals surface area contributed by atoms with Crippen LogP contribution in [0.3, 0.4) is 0 Å². The summed E-state index contributed by atoms with van der Waals surface area (Å²) in [5.41, 5.74) is 1.49. The van der Waals surface area contributed by atoms with E-state index in [4.69, 9.17) is 0 Å². The van der Waals surface area contributed by atoms with Gasteiger partial charge >= 0.3 is 0 Å². The molecule has 0 saturated carbocycles. The Balaban J connectivity index is 1.80. The quantitative estimate of drug-likeness (QED) is 0.248. The molecule has 0 fully saturated rings. The van der Waals surface area contributed by atoms with Gasteiger partial charge in [0.2, 0.25) is 0 Å². The normalized spacial score (nSPS) is 11.3. The molecule has 0 bridgehead atoms. The summed E-state index contributed by atoms with van der Waals surface area (Å²) in [4.78, 5) is 0. The SMILES string of the molecule is CCCCCCCCCCCC[C](C)CCCCCc1ccccc1. The van der Waals surface area contributed by atoms with E-state index in [-0.39, 0.29) is 0 Å². The van der Waals surface area contributed by atoms with E-state index in [0.29, 0.717) is 0 Å². The summed E-state index contributed by atoms with van der Waals surface area (Å²) in [5, 5.41) is 0. The van der Waals surface area contributed by atoms with Crippen LogP contribution in [-0.4, -0.2) is 0 Å². The Morgan fingerprint density at radius 3 is 1.64 bits per heavy atom. The predicted molar refractivity (Wildman–Crippen MR) is 114 cm³/mol. The lowest BCUT2D eigenvalue weighted by Gasteiger charge is -2.10. The number of benzene rings is 1. The van der Waals surface area contributed by atoms with Crippen molar-refractivity contribution in [2.45, 2.75) is 117 Å². The second kappa shape index (κ2) is 16.7. The fourth-order valence-corrected chi connectivity index (χ4v) is 3.62. The average molecular weight is 344 g/mol. The molecule has 1 aromatic carbocycles. The highest BCUT2D eigenvalue weighted by atomic mass is 14.1. The van der Waals surface area contributed by atoms with Crippen molar-refractivity contribution >= 4 is 0 Å². The lowest BCUT2D eigenvalue weighted by Crippen LogP contribution is -1.93. The van der Waals surface area contributed by atoms with E-state index in [1.165, 1.54) is 108 Å². The fourth-order valence-electron chi connectivity index (χ4n) is 3.62. The van der Waals surface area contributed by atoms with Crippen LogP contribution in [0.25, 0.3) is 0 Å². The second-order valence-corrected chi connectivity index (χ2v) is 7.94. The van der Waals surface area contributed by atoms with Crippen molar-refractivity contribution < 1.29 is 0 Å². The first-order chi connectivity index (χ1) is 12.3. The van der Waals surface area contributed by atoms with Gasteiger partial charge in [-0.1, -0.05) is 121 Å². The third kappa shape index (κ3) is 14.1. The summed E-state index contributed by atoms with van der Waals surface area (Å²) >= 11 is 0. The highest BCUT2D eigenvalue weighted by Gasteiger charge is 2.03. The number of hydrogen-bond donors (Lipinski definition) is 0. The van der Waals surface area contributed by atoms with E-state index < -0.39 is 0 Å². The Hall–Kier alpha value is -0.780. The van der Waals surface area contributed by atoms with E-state index >= 15 is 0 Å². The largest absolute Gasteiger partial charge is 0.0654 e. The first kappa shape index (κ1) is 22.3. The van der Waals surface area contributed by atoms with Gasteiger partial charge in [-0.25, -0.2) is 0 Å². The lowest BCUT2D eigenvalue weighted by molar-refractivity contribution is 0.542. The topological polar surface area (TPSA) is 0 Å². The third-order valence-electron chi connectivity index (χ3n) is 5.37. The van der Waals surface area contributed by atoms with Gasteiger partial charge in [-0.2, -0.15) is 0 Å². The van der Waals surface area contributed by atoms with Crippen molar-refractivity contribution in [2.75, 3.05) is 0 Å². The molecule has 143 valence electrons. The molecule has 0 N–H and O–H groups in total. The van der Waals surface area contributed by atoms with Crippen LogP contribution < -0.4 is 0 Å². The maximum Gasteiger partial charge on any atom is -0.0272 e. The molecule has 0 aliphatic rings. The number of aryl methyl sites for hydroxylation is 1. The van der Waals surface area contributed by atoms with Crippen molar-refractivity contribution in [2.24, 2.45) is 0 Å². The summed E-state index contributed by atoms with van der Waals surface area (Å²) in [6, 6.07) is 10.9. The minimum atomic E-state index is 1.25. The molecule has 0 aliphatic heterocycles. The van der Waals surface area contributed by atoms with Crippen LogP contribution in [0.2, 0.25) is 0 Å². The zero-order valence-electron chi connectivity index (χ0n) is 17.2. The molecule has 0 spiro atoms. The van der Waals surface area contributed by atoms with E-state index in [1.807, 2.05) is 0 Å². The van der Waals surface area contributed by atoms with Crippen molar-refractivity contribution in [3.63, 3.8) is 0 Å². The first-order valence-electron chi connectivity index (χ1n) is 11.2. The van der Waals surface area contributed by atoms with E-state index in [2.05, 4.69) is 44.2 Å². The Morgan fingerprint density at radius 2 is 1.08 bits per heavy atom. The molecule has 1 aromatic rings. The van der Waals surface area contributed by atoms with Crippen LogP contribution in [0.1, 0.15) is 116 Å². The molecule has 0 aromatic heterocycles. The summed E-state index contributed by atoms with van der Waals surface area (Å²) in [6.07, 6.45) is 22.5. The highest BCUT2D eigenvalue weighted by molar-refractivity contribution is 5.14. The van der Waals surface area contributed by atoms with E-state index in [0.717, 1.165) is 0 Å². The molecule has 0 heterocycles. The molecule has 0 nitrogen and oxygen atoms in total. The van der Waals surface area contributed by atoms with E-state index in [9.17, 15) is 0 Å². The van der Waals surface area contributed by atoms with Crippen LogP contribution in [-0.2, 0) is 6.42 Å². The number of unbranched alkanes of at least 4 members (excludes halogenated alkanes) is 11. The van der Waals surface area contributed by atoms with Crippen LogP contribution in [0.15, 0.2) is 30.3 Å². The highest BCUT2D eigenvalue weighted by Crippen LogP contribution is 2.20. The van der Waals surface area contributed by atoms with Crippen molar-refractivity contribution in [1.29, 1.82) is 0 Å². The van der Waals surface area contributed by atoms with Crippen molar-refractivity contribution in [3.05, 3.63) is 41.8 Å². The van der Waals surface area contributed by atoms with Crippen LogP contribution >= 0.6 is 0 Å². The maximum absolute atomic E-state index is 2.38. The Bertz CT molecular complexity index is 367. The summed E-state index contributed by atoms with van der Waals surface area (Å²) < 4.78 is 0. The number of hydrogen-bond acceptors (Lipinski definition) is 0. The summed E-state index contributed by atoms with van der Waals surface area (Å²) in [6.45, 7) is 4.68. The van der Waals surface area contributed by atoms with Gasteiger partial charge in [-0.15, -0.1) is 0 Å². The Morgan fingerprint density at radius 1 is 0.600 bits per heavy atom. The van der Waals surface area contributed by atoms with Gasteiger partial charge in [-0.05, 0) is 37.2 Å². The fraction of sp³-hybridized carbons (Fsp3) is 0.720. The molecule has 0 atom stereocenters. The maximum atomic E-state index is 2.38. The monoisotopic (exact) mass is 343 g/mol.